The van der Waals surface area contributed by atoms with Crippen molar-refractivity contribution in [2.45, 2.75) is 79.4 Å². The van der Waals surface area contributed by atoms with Crippen molar-refractivity contribution in [2.24, 2.45) is 16.3 Å². The minimum Gasteiger partial charge on any atom is -0.393 e. The van der Waals surface area contributed by atoms with Crippen LogP contribution in [0.2, 0.25) is 0 Å². The Morgan fingerprint density at radius 2 is 2.08 bits per heavy atom. The SMILES string of the molecule is CC1(C2(I)CCC([C@@H](O)C[C@@H]3C4N=CC=CC4c4cncn43)CC2)CC1. The average Bonchev–Trinajstić information content (AvgIpc) is 3.14. The van der Waals surface area contributed by atoms with Gasteiger partial charge in [-0.15, -0.1) is 0 Å². The van der Waals surface area contributed by atoms with E-state index in [9.17, 15) is 5.11 Å². The summed E-state index contributed by atoms with van der Waals surface area (Å²) in [5.74, 6) is 0.761. The minimum absolute atomic E-state index is 0.227. The van der Waals surface area contributed by atoms with Gasteiger partial charge in [0.05, 0.1) is 24.5 Å². The lowest BCUT2D eigenvalue weighted by Crippen LogP contribution is -2.39. The van der Waals surface area contributed by atoms with E-state index in [0.29, 0.717) is 20.7 Å². The number of aromatic nitrogens is 2. The monoisotopic (exact) mass is 465 g/mol. The Morgan fingerprint density at radius 1 is 1.31 bits per heavy atom. The Morgan fingerprint density at radius 3 is 2.81 bits per heavy atom. The molecule has 0 saturated heterocycles. The fourth-order valence-corrected chi connectivity index (χ4v) is 6.73. The first-order valence-corrected chi connectivity index (χ1v) is 11.2. The van der Waals surface area contributed by atoms with Gasteiger partial charge < -0.3 is 9.67 Å². The molecule has 2 aliphatic heterocycles. The number of aliphatic hydroxyl groups excluding tert-OH is 1. The first-order valence-electron chi connectivity index (χ1n) is 10.1. The zero-order valence-electron chi connectivity index (χ0n) is 15.4. The van der Waals surface area contributed by atoms with E-state index in [2.05, 4.69) is 45.1 Å². The molecule has 1 N–H and O–H groups in total. The summed E-state index contributed by atoms with van der Waals surface area (Å²) >= 11 is 2.75. The van der Waals surface area contributed by atoms with Gasteiger partial charge in [-0.2, -0.15) is 0 Å². The van der Waals surface area contributed by atoms with Crippen LogP contribution in [0.5, 0.6) is 0 Å². The van der Waals surface area contributed by atoms with Gasteiger partial charge in [-0.25, -0.2) is 4.98 Å². The Bertz CT molecular complexity index is 742. The van der Waals surface area contributed by atoms with Crippen molar-refractivity contribution < 1.29 is 5.11 Å². The molecule has 140 valence electrons. The maximum Gasteiger partial charge on any atom is 0.0951 e. The molecule has 0 radical (unpaired) electrons. The fraction of sp³-hybridized carbons (Fsp3) is 0.714. The summed E-state index contributed by atoms with van der Waals surface area (Å²) in [4.78, 5) is 9.10. The highest BCUT2D eigenvalue weighted by atomic mass is 127. The summed E-state index contributed by atoms with van der Waals surface area (Å²) in [6, 6.07) is 0.464. The molecule has 4 aliphatic rings. The van der Waals surface area contributed by atoms with Gasteiger partial charge in [0.15, 0.2) is 0 Å². The molecule has 2 unspecified atom stereocenters. The molecule has 0 aromatic carbocycles. The standard InChI is InChI=1S/C21H28IN3O/c1-20(8-9-20)21(22)6-4-14(5-7-21)18(26)11-16-19-15(3-2-10-24-19)17-12-23-13-25(16)17/h2-3,10,12-16,18-19,26H,4-9,11H2,1H3/t14?,15?,16-,18+,19?,21?/m1/s1. The van der Waals surface area contributed by atoms with Crippen LogP contribution in [0.15, 0.2) is 29.7 Å². The van der Waals surface area contributed by atoms with Gasteiger partial charge in [0.1, 0.15) is 0 Å². The molecular weight excluding hydrogens is 437 g/mol. The van der Waals surface area contributed by atoms with E-state index in [-0.39, 0.29) is 18.2 Å². The van der Waals surface area contributed by atoms with Crippen molar-refractivity contribution in [3.63, 3.8) is 0 Å². The lowest BCUT2D eigenvalue weighted by atomic mass is 9.72. The van der Waals surface area contributed by atoms with Gasteiger partial charge in [-0.1, -0.05) is 35.6 Å². The second-order valence-corrected chi connectivity index (χ2v) is 11.2. The predicted molar refractivity (Wildman–Crippen MR) is 112 cm³/mol. The molecule has 5 heteroatoms. The van der Waals surface area contributed by atoms with Crippen LogP contribution in [0.4, 0.5) is 0 Å². The lowest BCUT2D eigenvalue weighted by molar-refractivity contribution is 0.0529. The van der Waals surface area contributed by atoms with Crippen molar-refractivity contribution in [3.8, 4) is 0 Å². The maximum absolute atomic E-state index is 11.1. The second kappa shape index (κ2) is 6.16. The van der Waals surface area contributed by atoms with Crippen LogP contribution in [-0.4, -0.2) is 36.4 Å². The number of fused-ring (bicyclic) bond motifs is 3. The summed E-state index contributed by atoms with van der Waals surface area (Å²) in [5, 5.41) is 11.1. The van der Waals surface area contributed by atoms with Crippen molar-refractivity contribution in [1.29, 1.82) is 0 Å². The van der Waals surface area contributed by atoms with Crippen LogP contribution < -0.4 is 0 Å². The van der Waals surface area contributed by atoms with E-state index in [4.69, 9.17) is 4.99 Å². The predicted octanol–water partition coefficient (Wildman–Crippen LogP) is 4.45. The largest absolute Gasteiger partial charge is 0.393 e. The van der Waals surface area contributed by atoms with Crippen molar-refractivity contribution in [3.05, 3.63) is 30.4 Å². The van der Waals surface area contributed by atoms with Crippen LogP contribution in [0, 0.1) is 11.3 Å². The van der Waals surface area contributed by atoms with E-state index in [0.717, 1.165) is 6.42 Å². The molecule has 3 heterocycles. The Labute approximate surface area is 169 Å². The van der Waals surface area contributed by atoms with Gasteiger partial charge in [0.2, 0.25) is 0 Å². The fourth-order valence-electron chi connectivity index (χ4n) is 5.57. The third-order valence-corrected chi connectivity index (χ3v) is 10.1. The number of aliphatic hydroxyl groups is 1. The number of aliphatic imine (C=N–C) groups is 1. The summed E-state index contributed by atoms with van der Waals surface area (Å²) in [5.41, 5.74) is 1.81. The molecule has 2 aliphatic carbocycles. The van der Waals surface area contributed by atoms with Crippen molar-refractivity contribution >= 4 is 28.8 Å². The van der Waals surface area contributed by atoms with E-state index in [1.54, 1.807) is 0 Å². The smallest absolute Gasteiger partial charge is 0.0951 e. The molecule has 0 amide bonds. The molecular formula is C21H28IN3O. The zero-order valence-corrected chi connectivity index (χ0v) is 17.5. The second-order valence-electron chi connectivity index (χ2n) is 9.16. The van der Waals surface area contributed by atoms with Gasteiger partial charge >= 0.3 is 0 Å². The highest BCUT2D eigenvalue weighted by Gasteiger charge is 2.55. The number of imidazole rings is 1. The molecule has 2 saturated carbocycles. The molecule has 1 aromatic heterocycles. The Balaban J connectivity index is 1.27. The maximum atomic E-state index is 11.1. The van der Waals surface area contributed by atoms with E-state index in [1.165, 1.54) is 44.2 Å². The number of allylic oxidation sites excluding steroid dienone is 1. The number of hydrogen-bond donors (Lipinski definition) is 1. The molecule has 0 spiro atoms. The van der Waals surface area contributed by atoms with Crippen LogP contribution in [0.1, 0.15) is 69.5 Å². The van der Waals surface area contributed by atoms with E-state index < -0.39 is 0 Å². The van der Waals surface area contributed by atoms with Crippen LogP contribution in [0.25, 0.3) is 0 Å². The number of alkyl halides is 1. The Hall–Kier alpha value is -0.690. The summed E-state index contributed by atoms with van der Waals surface area (Å²) in [6.07, 6.45) is 18.3. The highest BCUT2D eigenvalue weighted by molar-refractivity contribution is 14.1. The quantitative estimate of drug-likeness (QED) is 0.528. The Kier molecular flexibility index (Phi) is 4.12. The third-order valence-electron chi connectivity index (χ3n) is 7.75. The average molecular weight is 465 g/mol. The van der Waals surface area contributed by atoms with E-state index >= 15 is 0 Å². The van der Waals surface area contributed by atoms with Crippen molar-refractivity contribution in [2.75, 3.05) is 0 Å². The normalized spacial score (nSPS) is 40.9. The van der Waals surface area contributed by atoms with Crippen molar-refractivity contribution in [1.82, 2.24) is 9.55 Å². The van der Waals surface area contributed by atoms with Crippen LogP contribution >= 0.6 is 22.6 Å². The molecule has 2 fully saturated rings. The number of nitrogens with zero attached hydrogens (tertiary/aromatic N) is 3. The molecule has 5 rings (SSSR count). The minimum atomic E-state index is -0.233. The van der Waals surface area contributed by atoms with Crippen LogP contribution in [-0.2, 0) is 0 Å². The lowest BCUT2D eigenvalue weighted by Gasteiger charge is -2.42. The first kappa shape index (κ1) is 17.4. The zero-order chi connectivity index (χ0) is 17.9. The first-order chi connectivity index (χ1) is 12.5. The molecule has 4 atom stereocenters. The molecule has 1 aromatic rings. The topological polar surface area (TPSA) is 50.4 Å². The van der Waals surface area contributed by atoms with Gasteiger partial charge in [0, 0.05) is 27.4 Å². The van der Waals surface area contributed by atoms with Gasteiger partial charge in [0.25, 0.3) is 0 Å². The molecule has 26 heavy (non-hydrogen) atoms. The number of dihydropyridines is 1. The third kappa shape index (κ3) is 2.64. The summed E-state index contributed by atoms with van der Waals surface area (Å²) < 4.78 is 2.73. The number of hydrogen-bond acceptors (Lipinski definition) is 3. The summed E-state index contributed by atoms with van der Waals surface area (Å²) in [7, 11) is 0. The van der Waals surface area contributed by atoms with Crippen LogP contribution in [0.3, 0.4) is 0 Å². The number of rotatable bonds is 4. The van der Waals surface area contributed by atoms with Gasteiger partial charge in [-0.3, -0.25) is 4.99 Å². The molecule has 0 bridgehead atoms. The summed E-state index contributed by atoms with van der Waals surface area (Å²) in [6.45, 7) is 2.46. The highest BCUT2D eigenvalue weighted by Crippen LogP contribution is 2.63. The van der Waals surface area contributed by atoms with Gasteiger partial charge in [-0.05, 0) is 62.4 Å². The molecule has 4 nitrogen and oxygen atoms in total. The number of halogens is 1. The van der Waals surface area contributed by atoms with E-state index in [1.807, 2.05) is 24.8 Å².